The van der Waals surface area contributed by atoms with Crippen LogP contribution in [-0.2, 0) is 9.47 Å². The molecule has 1 atom stereocenters. The highest BCUT2D eigenvalue weighted by atomic mass is 16.5. The van der Waals surface area contributed by atoms with Crippen LogP contribution in [0.15, 0.2) is 0 Å². The fraction of sp³-hybridized carbons (Fsp3) is 1.00. The largest absolute Gasteiger partial charge is 0.381 e. The highest BCUT2D eigenvalue weighted by Crippen LogP contribution is 2.28. The van der Waals surface area contributed by atoms with Gasteiger partial charge in [0.2, 0.25) is 0 Å². The predicted molar refractivity (Wildman–Crippen MR) is 64.6 cm³/mol. The van der Waals surface area contributed by atoms with Crippen LogP contribution in [0.25, 0.3) is 0 Å². The molecule has 1 saturated carbocycles. The van der Waals surface area contributed by atoms with Crippen LogP contribution in [-0.4, -0.2) is 39.5 Å². The van der Waals surface area contributed by atoms with Crippen LogP contribution in [0.2, 0.25) is 0 Å². The van der Waals surface area contributed by atoms with E-state index in [1.54, 1.807) is 0 Å². The fourth-order valence-electron chi connectivity index (χ4n) is 2.11. The van der Waals surface area contributed by atoms with Crippen molar-refractivity contribution in [3.63, 3.8) is 0 Å². The number of hydrogen-bond donors (Lipinski definition) is 1. The topological polar surface area (TPSA) is 30.5 Å². The lowest BCUT2D eigenvalue weighted by Gasteiger charge is -2.22. The van der Waals surface area contributed by atoms with Gasteiger partial charge in [0.1, 0.15) is 0 Å². The Labute approximate surface area is 98.9 Å². The quantitative estimate of drug-likeness (QED) is 0.642. The van der Waals surface area contributed by atoms with E-state index in [1.807, 2.05) is 0 Å². The molecule has 0 radical (unpaired) electrons. The van der Waals surface area contributed by atoms with Gasteiger partial charge in [0.15, 0.2) is 0 Å². The Morgan fingerprint density at radius 3 is 2.88 bits per heavy atom. The molecule has 2 aliphatic rings. The van der Waals surface area contributed by atoms with E-state index in [9.17, 15) is 0 Å². The Kier molecular flexibility index (Phi) is 5.59. The normalized spacial score (nSPS) is 25.9. The number of ether oxygens (including phenoxy) is 2. The Bertz CT molecular complexity index is 177. The molecule has 1 heterocycles. The van der Waals surface area contributed by atoms with Gasteiger partial charge in [-0.3, -0.25) is 0 Å². The van der Waals surface area contributed by atoms with Crippen LogP contribution in [0.4, 0.5) is 0 Å². The van der Waals surface area contributed by atoms with Crippen molar-refractivity contribution in [2.45, 2.75) is 32.1 Å². The maximum Gasteiger partial charge on any atom is 0.0506 e. The minimum absolute atomic E-state index is 0.737. The molecule has 3 heteroatoms. The van der Waals surface area contributed by atoms with Crippen molar-refractivity contribution in [2.24, 2.45) is 11.8 Å². The van der Waals surface area contributed by atoms with Crippen molar-refractivity contribution in [1.82, 2.24) is 5.32 Å². The summed E-state index contributed by atoms with van der Waals surface area (Å²) in [6.07, 6.45) is 6.47. The van der Waals surface area contributed by atoms with Crippen LogP contribution >= 0.6 is 0 Å². The van der Waals surface area contributed by atoms with Crippen molar-refractivity contribution in [3.8, 4) is 0 Å². The summed E-state index contributed by atoms with van der Waals surface area (Å²) >= 11 is 0. The van der Waals surface area contributed by atoms with Gasteiger partial charge >= 0.3 is 0 Å². The Hall–Kier alpha value is -0.120. The zero-order chi connectivity index (χ0) is 11.1. The Balaban J connectivity index is 1.33. The minimum Gasteiger partial charge on any atom is -0.381 e. The molecule has 0 spiro atoms. The van der Waals surface area contributed by atoms with Crippen molar-refractivity contribution < 1.29 is 9.47 Å². The van der Waals surface area contributed by atoms with Crippen LogP contribution in [0, 0.1) is 11.8 Å². The average Bonchev–Trinajstić information content (AvgIpc) is 3.13. The third-order valence-electron chi connectivity index (χ3n) is 3.38. The van der Waals surface area contributed by atoms with Gasteiger partial charge < -0.3 is 14.8 Å². The first kappa shape index (κ1) is 12.3. The summed E-state index contributed by atoms with van der Waals surface area (Å²) in [5.74, 6) is 1.63. The van der Waals surface area contributed by atoms with Crippen LogP contribution < -0.4 is 5.32 Å². The smallest absolute Gasteiger partial charge is 0.0506 e. The summed E-state index contributed by atoms with van der Waals surface area (Å²) in [6, 6.07) is 0. The van der Waals surface area contributed by atoms with Gasteiger partial charge in [-0.2, -0.15) is 0 Å². The lowest BCUT2D eigenvalue weighted by atomic mass is 10.0. The molecule has 16 heavy (non-hydrogen) atoms. The highest BCUT2D eigenvalue weighted by molar-refractivity contribution is 4.72. The Morgan fingerprint density at radius 2 is 2.12 bits per heavy atom. The van der Waals surface area contributed by atoms with Crippen LogP contribution in [0.3, 0.4) is 0 Å². The predicted octanol–water partition coefficient (Wildman–Crippen LogP) is 1.82. The molecule has 3 nitrogen and oxygen atoms in total. The van der Waals surface area contributed by atoms with Gasteiger partial charge in [-0.15, -0.1) is 0 Å². The van der Waals surface area contributed by atoms with Crippen LogP contribution in [0.1, 0.15) is 32.1 Å². The zero-order valence-corrected chi connectivity index (χ0v) is 10.2. The maximum atomic E-state index is 5.58. The van der Waals surface area contributed by atoms with E-state index in [0.29, 0.717) is 0 Å². The molecule has 1 aliphatic carbocycles. The SMILES string of the molecule is C(CNCC1CCCOC1)COCC1CC1. The third kappa shape index (κ3) is 5.28. The van der Waals surface area contributed by atoms with Crippen molar-refractivity contribution in [2.75, 3.05) is 39.5 Å². The van der Waals surface area contributed by atoms with E-state index in [4.69, 9.17) is 9.47 Å². The van der Waals surface area contributed by atoms with Gasteiger partial charge in [-0.1, -0.05) is 0 Å². The summed E-state index contributed by atoms with van der Waals surface area (Å²) in [4.78, 5) is 0. The molecule has 0 bridgehead atoms. The second-order valence-electron chi connectivity index (χ2n) is 5.16. The van der Waals surface area contributed by atoms with Crippen molar-refractivity contribution >= 4 is 0 Å². The zero-order valence-electron chi connectivity index (χ0n) is 10.2. The van der Waals surface area contributed by atoms with Gasteiger partial charge in [0, 0.05) is 26.4 Å². The van der Waals surface area contributed by atoms with Gasteiger partial charge in [-0.05, 0) is 50.5 Å². The second-order valence-corrected chi connectivity index (χ2v) is 5.16. The molecule has 0 aromatic carbocycles. The molecule has 0 amide bonds. The van der Waals surface area contributed by atoms with E-state index in [-0.39, 0.29) is 0 Å². The van der Waals surface area contributed by atoms with E-state index >= 15 is 0 Å². The number of rotatable bonds is 8. The van der Waals surface area contributed by atoms with Crippen molar-refractivity contribution in [1.29, 1.82) is 0 Å². The molecule has 1 aliphatic heterocycles. The number of nitrogens with one attached hydrogen (secondary N) is 1. The van der Waals surface area contributed by atoms with Gasteiger partial charge in [0.05, 0.1) is 6.61 Å². The molecular formula is C13H25NO2. The summed E-state index contributed by atoms with van der Waals surface area (Å²) in [6.45, 7) is 6.03. The lowest BCUT2D eigenvalue weighted by Crippen LogP contribution is -2.30. The molecule has 94 valence electrons. The molecule has 1 unspecified atom stereocenters. The molecule has 2 rings (SSSR count). The van der Waals surface area contributed by atoms with E-state index in [1.165, 1.54) is 25.7 Å². The van der Waals surface area contributed by atoms with E-state index in [2.05, 4.69) is 5.32 Å². The summed E-state index contributed by atoms with van der Waals surface area (Å²) < 4.78 is 11.0. The summed E-state index contributed by atoms with van der Waals surface area (Å²) in [5.41, 5.74) is 0. The van der Waals surface area contributed by atoms with E-state index in [0.717, 1.165) is 57.8 Å². The molecule has 0 aromatic heterocycles. The number of hydrogen-bond acceptors (Lipinski definition) is 3. The second kappa shape index (κ2) is 7.25. The Morgan fingerprint density at radius 1 is 1.19 bits per heavy atom. The lowest BCUT2D eigenvalue weighted by molar-refractivity contribution is 0.0545. The average molecular weight is 227 g/mol. The van der Waals surface area contributed by atoms with E-state index < -0.39 is 0 Å². The monoisotopic (exact) mass is 227 g/mol. The summed E-state index contributed by atoms with van der Waals surface area (Å²) in [5, 5.41) is 3.50. The summed E-state index contributed by atoms with van der Waals surface area (Å²) in [7, 11) is 0. The standard InChI is InChI=1S/C13H25NO2/c1-3-13(11-15-7-1)9-14-6-2-8-16-10-12-4-5-12/h12-14H,1-11H2. The first-order chi connectivity index (χ1) is 7.95. The van der Waals surface area contributed by atoms with Crippen LogP contribution in [0.5, 0.6) is 0 Å². The molecular weight excluding hydrogens is 202 g/mol. The highest BCUT2D eigenvalue weighted by Gasteiger charge is 2.20. The van der Waals surface area contributed by atoms with Crippen molar-refractivity contribution in [3.05, 3.63) is 0 Å². The van der Waals surface area contributed by atoms with Gasteiger partial charge in [-0.25, -0.2) is 0 Å². The molecule has 1 N–H and O–H groups in total. The minimum atomic E-state index is 0.737. The molecule has 2 fully saturated rings. The first-order valence-electron chi connectivity index (χ1n) is 6.81. The maximum absolute atomic E-state index is 5.58. The molecule has 1 saturated heterocycles. The fourth-order valence-corrected chi connectivity index (χ4v) is 2.11. The first-order valence-corrected chi connectivity index (χ1v) is 6.81. The third-order valence-corrected chi connectivity index (χ3v) is 3.38. The van der Waals surface area contributed by atoms with Gasteiger partial charge in [0.25, 0.3) is 0 Å². The molecule has 0 aromatic rings.